The summed E-state index contributed by atoms with van der Waals surface area (Å²) in [6.07, 6.45) is 0. The summed E-state index contributed by atoms with van der Waals surface area (Å²) in [5.41, 5.74) is 0. The van der Waals surface area contributed by atoms with Gasteiger partial charge in [-0.2, -0.15) is 0 Å². The van der Waals surface area contributed by atoms with Crippen LogP contribution in [0, 0.1) is 0 Å². The molecular formula is C7H11Cl. The van der Waals surface area contributed by atoms with E-state index in [2.05, 4.69) is 0 Å². The molecule has 0 aliphatic heterocycles. The van der Waals surface area contributed by atoms with E-state index in [1.807, 2.05) is 36.4 Å². The van der Waals surface area contributed by atoms with Crippen LogP contribution in [0.1, 0.15) is 7.43 Å². The first kappa shape index (κ1) is 10.5. The van der Waals surface area contributed by atoms with Crippen LogP contribution in [0.25, 0.3) is 0 Å². The summed E-state index contributed by atoms with van der Waals surface area (Å²) in [5.74, 6) is 0. The zero-order valence-electron chi connectivity index (χ0n) is 3.87. The van der Waals surface area contributed by atoms with Crippen LogP contribution in [0.5, 0.6) is 0 Å². The molecule has 0 saturated carbocycles. The summed E-state index contributed by atoms with van der Waals surface area (Å²) in [4.78, 5) is 0. The number of rotatable bonds is 0. The lowest BCUT2D eigenvalue weighted by atomic mass is 10.4. The van der Waals surface area contributed by atoms with Crippen molar-refractivity contribution in [3.63, 3.8) is 0 Å². The minimum atomic E-state index is 0. The van der Waals surface area contributed by atoms with Crippen molar-refractivity contribution in [2.24, 2.45) is 0 Å². The molecule has 46 valence electrons. The van der Waals surface area contributed by atoms with E-state index in [1.54, 1.807) is 0 Å². The lowest BCUT2D eigenvalue weighted by Crippen LogP contribution is -1.47. The molecule has 1 rings (SSSR count). The predicted octanol–water partition coefficient (Wildman–Crippen LogP) is 2.74. The summed E-state index contributed by atoms with van der Waals surface area (Å²) in [6, 6.07) is 12.0. The average molecular weight is 131 g/mol. The molecule has 0 saturated heterocycles. The van der Waals surface area contributed by atoms with Gasteiger partial charge in [0.15, 0.2) is 0 Å². The third-order valence-electron chi connectivity index (χ3n) is 0.667. The summed E-state index contributed by atoms with van der Waals surface area (Å²) >= 11 is 0. The molecule has 0 atom stereocenters. The summed E-state index contributed by atoms with van der Waals surface area (Å²) < 4.78 is 0. The molecule has 0 radical (unpaired) electrons. The Labute approximate surface area is 57.0 Å². The molecule has 0 aliphatic rings. The molecule has 0 amide bonds. The number of benzene rings is 1. The first-order valence-electron chi connectivity index (χ1n) is 2.00. The Kier molecular flexibility index (Phi) is 8.53. The Bertz CT molecular complexity index is 76.3. The number of hydrogen-bond donors (Lipinski definition) is 0. The van der Waals surface area contributed by atoms with Crippen LogP contribution in [0.3, 0.4) is 0 Å². The third-order valence-corrected chi connectivity index (χ3v) is 0.667. The SMILES string of the molecule is C.Cl.c1ccccc1. The summed E-state index contributed by atoms with van der Waals surface area (Å²) in [5, 5.41) is 0. The fourth-order valence-electron chi connectivity index (χ4n) is 0.385. The van der Waals surface area contributed by atoms with Gasteiger partial charge in [-0.25, -0.2) is 0 Å². The van der Waals surface area contributed by atoms with E-state index >= 15 is 0 Å². The van der Waals surface area contributed by atoms with Gasteiger partial charge in [-0.3, -0.25) is 0 Å². The number of hydrogen-bond acceptors (Lipinski definition) is 0. The van der Waals surface area contributed by atoms with Gasteiger partial charge in [-0.15, -0.1) is 12.4 Å². The minimum Gasteiger partial charge on any atom is -0.147 e. The topological polar surface area (TPSA) is 0 Å². The average Bonchev–Trinajstić information content (AvgIpc) is 1.72. The van der Waals surface area contributed by atoms with E-state index in [0.717, 1.165) is 0 Å². The summed E-state index contributed by atoms with van der Waals surface area (Å²) in [6.45, 7) is 0. The van der Waals surface area contributed by atoms with Crippen LogP contribution in [-0.2, 0) is 0 Å². The quantitative estimate of drug-likeness (QED) is 0.507. The highest BCUT2D eigenvalue weighted by Gasteiger charge is 1.57. The van der Waals surface area contributed by atoms with Gasteiger partial charge in [-0.1, -0.05) is 43.8 Å². The van der Waals surface area contributed by atoms with E-state index in [1.165, 1.54) is 0 Å². The molecule has 0 heterocycles. The fraction of sp³-hybridized carbons (Fsp3) is 0.143. The first-order valence-corrected chi connectivity index (χ1v) is 2.00. The zero-order chi connectivity index (χ0) is 4.24. The van der Waals surface area contributed by atoms with Gasteiger partial charge in [-0.05, 0) is 0 Å². The monoisotopic (exact) mass is 130 g/mol. The Hall–Kier alpha value is -0.490. The van der Waals surface area contributed by atoms with Crippen molar-refractivity contribution in [3.8, 4) is 0 Å². The molecule has 0 nitrogen and oxygen atoms in total. The second-order valence-corrected chi connectivity index (χ2v) is 1.15. The maximum Gasteiger partial charge on any atom is -0.0623 e. The molecule has 0 N–H and O–H groups in total. The van der Waals surface area contributed by atoms with E-state index in [4.69, 9.17) is 0 Å². The molecule has 1 aromatic carbocycles. The molecule has 0 aliphatic carbocycles. The minimum absolute atomic E-state index is 0. The maximum atomic E-state index is 2.00. The molecule has 1 heteroatoms. The largest absolute Gasteiger partial charge is 0.147 e. The maximum absolute atomic E-state index is 2.00. The Morgan fingerprint density at radius 2 is 0.625 bits per heavy atom. The van der Waals surface area contributed by atoms with Crippen molar-refractivity contribution in [1.29, 1.82) is 0 Å². The fourth-order valence-corrected chi connectivity index (χ4v) is 0.385. The van der Waals surface area contributed by atoms with Crippen molar-refractivity contribution < 1.29 is 0 Å². The van der Waals surface area contributed by atoms with Gasteiger partial charge >= 0.3 is 0 Å². The molecule has 8 heavy (non-hydrogen) atoms. The van der Waals surface area contributed by atoms with Crippen LogP contribution in [0.15, 0.2) is 36.4 Å². The van der Waals surface area contributed by atoms with Crippen molar-refractivity contribution in [2.75, 3.05) is 0 Å². The highest BCUT2D eigenvalue weighted by atomic mass is 35.5. The lowest BCUT2D eigenvalue weighted by Gasteiger charge is -1.69. The highest BCUT2D eigenvalue weighted by Crippen LogP contribution is 1.79. The number of halogens is 1. The Morgan fingerprint density at radius 1 is 0.500 bits per heavy atom. The van der Waals surface area contributed by atoms with E-state index in [-0.39, 0.29) is 19.8 Å². The lowest BCUT2D eigenvalue weighted by molar-refractivity contribution is 1.72. The molecule has 0 bridgehead atoms. The standard InChI is InChI=1S/C6H6.CH4.ClH/c1-2-4-6-5-3-1;;/h1-6H;1H4;1H. The smallest absolute Gasteiger partial charge is 0.0623 e. The van der Waals surface area contributed by atoms with Gasteiger partial charge in [0.1, 0.15) is 0 Å². The van der Waals surface area contributed by atoms with Gasteiger partial charge in [0, 0.05) is 0 Å². The normalized spacial score (nSPS) is 6.00. The van der Waals surface area contributed by atoms with E-state index in [9.17, 15) is 0 Å². The van der Waals surface area contributed by atoms with Crippen LogP contribution >= 0.6 is 12.4 Å². The zero-order valence-corrected chi connectivity index (χ0v) is 4.69. The van der Waals surface area contributed by atoms with Crippen LogP contribution in [0.4, 0.5) is 0 Å². The summed E-state index contributed by atoms with van der Waals surface area (Å²) in [7, 11) is 0. The van der Waals surface area contributed by atoms with Gasteiger partial charge < -0.3 is 0 Å². The van der Waals surface area contributed by atoms with Crippen molar-refractivity contribution >= 4 is 12.4 Å². The van der Waals surface area contributed by atoms with Gasteiger partial charge in [0.25, 0.3) is 0 Å². The van der Waals surface area contributed by atoms with Gasteiger partial charge in [0.2, 0.25) is 0 Å². The van der Waals surface area contributed by atoms with Crippen LogP contribution < -0.4 is 0 Å². The van der Waals surface area contributed by atoms with E-state index < -0.39 is 0 Å². The molecular weight excluding hydrogens is 120 g/mol. The molecule has 0 spiro atoms. The van der Waals surface area contributed by atoms with Gasteiger partial charge in [0.05, 0.1) is 0 Å². The van der Waals surface area contributed by atoms with Crippen LogP contribution in [-0.4, -0.2) is 0 Å². The Balaban J connectivity index is 0. The molecule has 1 aromatic rings. The third kappa shape index (κ3) is 3.69. The van der Waals surface area contributed by atoms with Crippen molar-refractivity contribution in [3.05, 3.63) is 36.4 Å². The second kappa shape index (κ2) is 6.51. The van der Waals surface area contributed by atoms with Crippen molar-refractivity contribution in [2.45, 2.75) is 7.43 Å². The van der Waals surface area contributed by atoms with E-state index in [0.29, 0.717) is 0 Å². The molecule has 0 fully saturated rings. The molecule has 0 aromatic heterocycles. The van der Waals surface area contributed by atoms with Crippen LogP contribution in [0.2, 0.25) is 0 Å². The predicted molar refractivity (Wildman–Crippen MR) is 40.4 cm³/mol. The highest BCUT2D eigenvalue weighted by molar-refractivity contribution is 5.85. The van der Waals surface area contributed by atoms with Crippen molar-refractivity contribution in [1.82, 2.24) is 0 Å². The first-order chi connectivity index (χ1) is 3.00. The second-order valence-electron chi connectivity index (χ2n) is 1.15. The Morgan fingerprint density at radius 3 is 0.750 bits per heavy atom. The molecule has 0 unspecified atom stereocenters.